The van der Waals surface area contributed by atoms with Gasteiger partial charge in [-0.3, -0.25) is 0 Å². The molecule has 21 heavy (non-hydrogen) atoms. The first kappa shape index (κ1) is 17.5. The summed E-state index contributed by atoms with van der Waals surface area (Å²) < 4.78 is 0. The number of halogens is 1. The molecule has 0 saturated heterocycles. The molecule has 0 atom stereocenters. The summed E-state index contributed by atoms with van der Waals surface area (Å²) in [5.74, 6) is 0.805. The van der Waals surface area contributed by atoms with E-state index in [0.717, 1.165) is 18.2 Å². The van der Waals surface area contributed by atoms with Gasteiger partial charge in [0, 0.05) is 12.2 Å². The van der Waals surface area contributed by atoms with Gasteiger partial charge in [-0.25, -0.2) is 4.99 Å². The van der Waals surface area contributed by atoms with Crippen molar-refractivity contribution < 1.29 is 0 Å². The van der Waals surface area contributed by atoms with Crippen LogP contribution in [0.15, 0.2) is 59.6 Å². The second-order valence-electron chi connectivity index (χ2n) is 4.67. The molecule has 0 spiro atoms. The molecule has 112 valence electrons. The molecule has 2 N–H and O–H groups in total. The number of hydrogen-bond donors (Lipinski definition) is 2. The summed E-state index contributed by atoms with van der Waals surface area (Å²) in [5, 5.41) is 6.55. The number of nitrogens with one attached hydrogen (secondary N) is 2. The van der Waals surface area contributed by atoms with Crippen molar-refractivity contribution in [2.24, 2.45) is 4.99 Å². The fraction of sp³-hybridized carbons (Fsp3) is 0.235. The molecule has 2 aromatic rings. The van der Waals surface area contributed by atoms with Crippen molar-refractivity contribution in [1.29, 1.82) is 0 Å². The number of anilines is 1. The summed E-state index contributed by atoms with van der Waals surface area (Å²) in [6.45, 7) is 5.66. The lowest BCUT2D eigenvalue weighted by Gasteiger charge is -2.11. The van der Waals surface area contributed by atoms with Gasteiger partial charge in [0.15, 0.2) is 5.96 Å². The van der Waals surface area contributed by atoms with Crippen molar-refractivity contribution in [2.75, 3.05) is 11.9 Å². The van der Waals surface area contributed by atoms with E-state index in [-0.39, 0.29) is 24.0 Å². The normalized spacial score (nSPS) is 10.7. The van der Waals surface area contributed by atoms with Crippen molar-refractivity contribution >= 4 is 35.6 Å². The van der Waals surface area contributed by atoms with E-state index in [9.17, 15) is 0 Å². The van der Waals surface area contributed by atoms with E-state index in [1.165, 1.54) is 11.1 Å². The first-order valence-electron chi connectivity index (χ1n) is 6.94. The van der Waals surface area contributed by atoms with Gasteiger partial charge in [-0.05, 0) is 31.5 Å². The Balaban J connectivity index is 0.00000220. The summed E-state index contributed by atoms with van der Waals surface area (Å²) in [7, 11) is 0. The molecule has 0 bridgehead atoms. The third-order valence-corrected chi connectivity index (χ3v) is 2.92. The second-order valence-corrected chi connectivity index (χ2v) is 4.67. The minimum absolute atomic E-state index is 0. The van der Waals surface area contributed by atoms with Crippen LogP contribution in [0.3, 0.4) is 0 Å². The smallest absolute Gasteiger partial charge is 0.196 e. The zero-order valence-corrected chi connectivity index (χ0v) is 14.8. The van der Waals surface area contributed by atoms with Gasteiger partial charge in [0.05, 0.1) is 6.54 Å². The maximum Gasteiger partial charge on any atom is 0.196 e. The summed E-state index contributed by atoms with van der Waals surface area (Å²) in [6, 6.07) is 18.5. The highest BCUT2D eigenvalue weighted by Crippen LogP contribution is 2.07. The van der Waals surface area contributed by atoms with Crippen molar-refractivity contribution in [3.63, 3.8) is 0 Å². The van der Waals surface area contributed by atoms with Gasteiger partial charge in [-0.15, -0.1) is 24.0 Å². The van der Waals surface area contributed by atoms with E-state index < -0.39 is 0 Å². The fourth-order valence-electron chi connectivity index (χ4n) is 1.83. The molecule has 0 heterocycles. The quantitative estimate of drug-likeness (QED) is 0.463. The first-order chi connectivity index (χ1) is 9.78. The lowest BCUT2D eigenvalue weighted by atomic mass is 10.1. The minimum atomic E-state index is 0. The monoisotopic (exact) mass is 395 g/mol. The Morgan fingerprint density at radius 1 is 1.00 bits per heavy atom. The summed E-state index contributed by atoms with van der Waals surface area (Å²) >= 11 is 0. The number of nitrogens with zero attached hydrogens (tertiary/aromatic N) is 1. The van der Waals surface area contributed by atoms with Gasteiger partial charge in [0.25, 0.3) is 0 Å². The van der Waals surface area contributed by atoms with Gasteiger partial charge in [-0.1, -0.05) is 48.0 Å². The van der Waals surface area contributed by atoms with Crippen LogP contribution in [0.2, 0.25) is 0 Å². The Bertz CT molecular complexity index is 550. The maximum atomic E-state index is 4.60. The number of aliphatic imine (C=N–C) groups is 1. The molecule has 0 aliphatic carbocycles. The molecular formula is C17H22IN3. The Kier molecular flexibility index (Phi) is 7.82. The average Bonchev–Trinajstić information content (AvgIpc) is 2.48. The van der Waals surface area contributed by atoms with Crippen LogP contribution < -0.4 is 10.6 Å². The summed E-state index contributed by atoms with van der Waals surface area (Å²) in [5.41, 5.74) is 3.52. The highest BCUT2D eigenvalue weighted by Gasteiger charge is 1.98. The molecular weight excluding hydrogens is 373 g/mol. The summed E-state index contributed by atoms with van der Waals surface area (Å²) in [6.07, 6.45) is 0. The Labute approximate surface area is 143 Å². The van der Waals surface area contributed by atoms with Crippen molar-refractivity contribution in [2.45, 2.75) is 20.4 Å². The van der Waals surface area contributed by atoms with E-state index in [1.54, 1.807) is 0 Å². The lowest BCUT2D eigenvalue weighted by Crippen LogP contribution is -2.30. The molecule has 0 saturated carbocycles. The van der Waals surface area contributed by atoms with Crippen LogP contribution >= 0.6 is 24.0 Å². The molecule has 0 aliphatic rings. The number of benzene rings is 2. The average molecular weight is 395 g/mol. The predicted octanol–water partition coefficient (Wildman–Crippen LogP) is 4.19. The number of para-hydroxylation sites is 1. The van der Waals surface area contributed by atoms with Gasteiger partial charge in [0.1, 0.15) is 0 Å². The lowest BCUT2D eigenvalue weighted by molar-refractivity contribution is 0.933. The largest absolute Gasteiger partial charge is 0.356 e. The Morgan fingerprint density at radius 3 is 2.29 bits per heavy atom. The fourth-order valence-corrected chi connectivity index (χ4v) is 1.83. The maximum absolute atomic E-state index is 4.60. The van der Waals surface area contributed by atoms with Gasteiger partial charge in [0.2, 0.25) is 0 Å². The second kappa shape index (κ2) is 9.39. The molecule has 4 heteroatoms. The molecule has 0 fully saturated rings. The molecule has 0 amide bonds. The number of guanidine groups is 1. The topological polar surface area (TPSA) is 36.4 Å². The predicted molar refractivity (Wildman–Crippen MR) is 101 cm³/mol. The highest BCUT2D eigenvalue weighted by molar-refractivity contribution is 14.0. The standard InChI is InChI=1S/C17H21N3.HI/c1-3-18-17(20-16-7-5-4-6-8-16)19-13-15-11-9-14(2)10-12-15;/h4-12H,3,13H2,1-2H3,(H2,18,19,20);1H. The summed E-state index contributed by atoms with van der Waals surface area (Å²) in [4.78, 5) is 4.60. The third kappa shape index (κ3) is 6.16. The number of hydrogen-bond acceptors (Lipinski definition) is 1. The van der Waals surface area contributed by atoms with E-state index in [1.807, 2.05) is 30.3 Å². The number of rotatable bonds is 4. The van der Waals surface area contributed by atoms with Crippen LogP contribution in [0.4, 0.5) is 5.69 Å². The Hall–Kier alpha value is -1.56. The van der Waals surface area contributed by atoms with Crippen LogP contribution in [0.25, 0.3) is 0 Å². The molecule has 0 aromatic heterocycles. The van der Waals surface area contributed by atoms with Crippen LogP contribution in [0.5, 0.6) is 0 Å². The van der Waals surface area contributed by atoms with Crippen LogP contribution in [0.1, 0.15) is 18.1 Å². The van der Waals surface area contributed by atoms with E-state index >= 15 is 0 Å². The third-order valence-electron chi connectivity index (χ3n) is 2.92. The van der Waals surface area contributed by atoms with Crippen molar-refractivity contribution in [1.82, 2.24) is 5.32 Å². The molecule has 0 aliphatic heterocycles. The molecule has 0 radical (unpaired) electrons. The van der Waals surface area contributed by atoms with Crippen molar-refractivity contribution in [3.05, 3.63) is 65.7 Å². The van der Waals surface area contributed by atoms with E-state index in [4.69, 9.17) is 0 Å². The van der Waals surface area contributed by atoms with Gasteiger partial charge in [-0.2, -0.15) is 0 Å². The molecule has 2 rings (SSSR count). The SMILES string of the molecule is CCNC(=NCc1ccc(C)cc1)Nc1ccccc1.I. The van der Waals surface area contributed by atoms with Gasteiger partial charge >= 0.3 is 0 Å². The van der Waals surface area contributed by atoms with E-state index in [0.29, 0.717) is 6.54 Å². The zero-order chi connectivity index (χ0) is 14.2. The van der Waals surface area contributed by atoms with E-state index in [2.05, 4.69) is 53.7 Å². The minimum Gasteiger partial charge on any atom is -0.356 e. The molecule has 2 aromatic carbocycles. The molecule has 3 nitrogen and oxygen atoms in total. The Morgan fingerprint density at radius 2 is 1.67 bits per heavy atom. The van der Waals surface area contributed by atoms with Crippen LogP contribution in [-0.2, 0) is 6.54 Å². The number of aryl methyl sites for hydroxylation is 1. The zero-order valence-electron chi connectivity index (χ0n) is 12.5. The molecule has 0 unspecified atom stereocenters. The first-order valence-corrected chi connectivity index (χ1v) is 6.94. The van der Waals surface area contributed by atoms with Crippen LogP contribution in [0, 0.1) is 6.92 Å². The van der Waals surface area contributed by atoms with Gasteiger partial charge < -0.3 is 10.6 Å². The highest BCUT2D eigenvalue weighted by atomic mass is 127. The van der Waals surface area contributed by atoms with Crippen LogP contribution in [-0.4, -0.2) is 12.5 Å². The van der Waals surface area contributed by atoms with Crippen molar-refractivity contribution in [3.8, 4) is 0 Å².